The summed E-state index contributed by atoms with van der Waals surface area (Å²) in [5.74, 6) is 0.472. The maximum atomic E-state index is 13.3. The Balaban J connectivity index is 1.31. The van der Waals surface area contributed by atoms with Gasteiger partial charge in [-0.15, -0.1) is 16.4 Å². The Morgan fingerprint density at radius 3 is 2.89 bits per heavy atom. The van der Waals surface area contributed by atoms with Crippen LogP contribution in [0.5, 0.6) is 0 Å². The van der Waals surface area contributed by atoms with E-state index in [9.17, 15) is 9.59 Å². The number of imidazole rings is 1. The van der Waals surface area contributed by atoms with Gasteiger partial charge in [0.1, 0.15) is 12.2 Å². The van der Waals surface area contributed by atoms with E-state index >= 15 is 0 Å². The number of nitrogens with zero attached hydrogens (tertiary/aromatic N) is 4. The van der Waals surface area contributed by atoms with Crippen LogP contribution in [-0.4, -0.2) is 42.6 Å². The van der Waals surface area contributed by atoms with Gasteiger partial charge in [0, 0.05) is 27.2 Å². The molecule has 1 aliphatic rings. The summed E-state index contributed by atoms with van der Waals surface area (Å²) in [4.78, 5) is 34.8. The molecule has 5 heterocycles. The highest BCUT2D eigenvalue weighted by molar-refractivity contribution is 7.15. The summed E-state index contributed by atoms with van der Waals surface area (Å²) in [5, 5.41) is 7.37. The third kappa shape index (κ3) is 3.98. The highest BCUT2D eigenvalue weighted by Crippen LogP contribution is 2.35. The van der Waals surface area contributed by atoms with Crippen LogP contribution in [0.25, 0.3) is 27.4 Å². The Hall–Kier alpha value is -3.89. The normalized spacial score (nSPS) is 14.8. The molecule has 0 bridgehead atoms. The van der Waals surface area contributed by atoms with Gasteiger partial charge in [0.2, 0.25) is 0 Å². The van der Waals surface area contributed by atoms with Crippen LogP contribution < -0.4 is 5.56 Å². The molecule has 0 fully saturated rings. The van der Waals surface area contributed by atoms with E-state index in [1.165, 1.54) is 18.4 Å². The molecule has 182 valence electrons. The Morgan fingerprint density at radius 1 is 1.25 bits per heavy atom. The van der Waals surface area contributed by atoms with E-state index in [4.69, 9.17) is 16.3 Å². The van der Waals surface area contributed by atoms with E-state index in [1.807, 2.05) is 34.9 Å². The number of aryl methyl sites for hydroxylation is 1. The van der Waals surface area contributed by atoms with Gasteiger partial charge < -0.3 is 14.3 Å². The molecule has 1 aliphatic heterocycles. The molecule has 6 rings (SSSR count). The second-order valence-electron chi connectivity index (χ2n) is 8.58. The van der Waals surface area contributed by atoms with Crippen LogP contribution in [0.3, 0.4) is 0 Å². The predicted octanol–water partition coefficient (Wildman–Crippen LogP) is 4.39. The fraction of sp³-hybridized carbons (Fsp3) is 0.200. The molecular formula is C25H21ClN6O3S. The van der Waals surface area contributed by atoms with E-state index in [-0.39, 0.29) is 24.0 Å². The molecule has 2 N–H and O–H groups in total. The quantitative estimate of drug-likeness (QED) is 0.323. The van der Waals surface area contributed by atoms with Crippen molar-refractivity contribution in [1.82, 2.24) is 29.5 Å². The van der Waals surface area contributed by atoms with Gasteiger partial charge in [0.05, 0.1) is 42.0 Å². The summed E-state index contributed by atoms with van der Waals surface area (Å²) in [6.07, 6.45) is 5.21. The number of pyridine rings is 1. The number of thiophene rings is 1. The second-order valence-corrected chi connectivity index (χ2v) is 10.2. The monoisotopic (exact) mass is 520 g/mol. The number of carbonyl (C=O) groups is 1. The van der Waals surface area contributed by atoms with Crippen LogP contribution in [0.2, 0.25) is 5.02 Å². The molecule has 9 nitrogen and oxygen atoms in total. The van der Waals surface area contributed by atoms with Crippen molar-refractivity contribution in [3.8, 4) is 27.4 Å². The zero-order chi connectivity index (χ0) is 24.8. The highest BCUT2D eigenvalue weighted by atomic mass is 35.5. The third-order valence-electron chi connectivity index (χ3n) is 6.39. The van der Waals surface area contributed by atoms with Crippen LogP contribution in [0.15, 0.2) is 59.8 Å². The van der Waals surface area contributed by atoms with Crippen molar-refractivity contribution in [2.75, 3.05) is 7.11 Å². The minimum absolute atomic E-state index is 0.0874. The summed E-state index contributed by atoms with van der Waals surface area (Å²) in [6, 6.07) is 13.0. The first kappa shape index (κ1) is 22.6. The molecule has 4 aromatic heterocycles. The Kier molecular flexibility index (Phi) is 5.62. The number of carbonyl (C=O) groups excluding carboxylic acids is 1. The molecule has 1 aromatic carbocycles. The lowest BCUT2D eigenvalue weighted by atomic mass is 10.0. The van der Waals surface area contributed by atoms with Crippen LogP contribution in [0, 0.1) is 0 Å². The fourth-order valence-electron chi connectivity index (χ4n) is 4.65. The molecule has 0 aliphatic carbocycles. The van der Waals surface area contributed by atoms with Crippen LogP contribution in [0.4, 0.5) is 0 Å². The van der Waals surface area contributed by atoms with Gasteiger partial charge in [-0.1, -0.05) is 11.6 Å². The number of rotatable bonds is 6. The standard InChI is InChI=1S/C25H21ClN6O3S/c1-35-24(34)11-17-4-7-22(36-17)19-12-27-25(29-19)21-6-3-16-8-14(9-23(33)32(16)21)18-10-15(26)2-5-20(18)31-13-28-30-31/h2,4-5,7-10,12-13,21,30H,3,6,11H2,1H3,(H,27,29)/t21-/m0/s1. The maximum absolute atomic E-state index is 13.3. The molecule has 5 aromatic rings. The van der Waals surface area contributed by atoms with Crippen molar-refractivity contribution in [2.24, 2.45) is 0 Å². The minimum atomic E-state index is -0.269. The average Bonchev–Trinajstić information content (AvgIpc) is 3.58. The molecule has 0 saturated heterocycles. The fourth-order valence-corrected chi connectivity index (χ4v) is 5.78. The molecule has 0 spiro atoms. The molecular weight excluding hydrogens is 500 g/mol. The lowest BCUT2D eigenvalue weighted by Gasteiger charge is -2.16. The number of hydrogen-bond donors (Lipinski definition) is 2. The van der Waals surface area contributed by atoms with Gasteiger partial charge in [-0.3, -0.25) is 9.59 Å². The van der Waals surface area contributed by atoms with Crippen LogP contribution >= 0.6 is 22.9 Å². The topological polar surface area (TPSA) is 111 Å². The molecule has 0 saturated carbocycles. The first-order valence-corrected chi connectivity index (χ1v) is 12.5. The van der Waals surface area contributed by atoms with Crippen molar-refractivity contribution in [3.63, 3.8) is 0 Å². The number of esters is 1. The Morgan fingerprint density at radius 2 is 2.11 bits per heavy atom. The number of aromatic nitrogens is 6. The summed E-state index contributed by atoms with van der Waals surface area (Å²) in [5.41, 5.74) is 4.25. The minimum Gasteiger partial charge on any atom is -0.469 e. The first-order chi connectivity index (χ1) is 17.5. The number of hydrogen-bond acceptors (Lipinski definition) is 6. The lowest BCUT2D eigenvalue weighted by Crippen LogP contribution is -2.24. The van der Waals surface area contributed by atoms with Gasteiger partial charge in [0.15, 0.2) is 0 Å². The average molecular weight is 521 g/mol. The predicted molar refractivity (Wildman–Crippen MR) is 137 cm³/mol. The number of fused-ring (bicyclic) bond motifs is 1. The zero-order valence-corrected chi connectivity index (χ0v) is 20.8. The van der Waals surface area contributed by atoms with E-state index < -0.39 is 0 Å². The van der Waals surface area contributed by atoms with Gasteiger partial charge in [-0.2, -0.15) is 0 Å². The van der Waals surface area contributed by atoms with Gasteiger partial charge in [-0.25, -0.2) is 14.9 Å². The second kappa shape index (κ2) is 8.96. The summed E-state index contributed by atoms with van der Waals surface area (Å²) >= 11 is 7.80. The Labute approximate surface area is 214 Å². The first-order valence-electron chi connectivity index (χ1n) is 11.3. The van der Waals surface area contributed by atoms with E-state index in [0.717, 1.165) is 56.6 Å². The molecule has 36 heavy (non-hydrogen) atoms. The van der Waals surface area contributed by atoms with Gasteiger partial charge in [-0.05, 0) is 54.8 Å². The maximum Gasteiger partial charge on any atom is 0.310 e. The zero-order valence-electron chi connectivity index (χ0n) is 19.2. The lowest BCUT2D eigenvalue weighted by molar-refractivity contribution is -0.139. The summed E-state index contributed by atoms with van der Waals surface area (Å²) in [6.45, 7) is 0. The third-order valence-corrected chi connectivity index (χ3v) is 7.74. The smallest absolute Gasteiger partial charge is 0.310 e. The SMILES string of the molecule is COC(=O)Cc1ccc(-c2cnc([C@@H]3CCc4cc(-c5cc(Cl)ccc5-n5cn[nH]5)cc(=O)n43)[nH]2)s1. The van der Waals surface area contributed by atoms with Crippen LogP contribution in [-0.2, 0) is 22.4 Å². The van der Waals surface area contributed by atoms with E-state index in [1.54, 1.807) is 23.3 Å². The van der Waals surface area contributed by atoms with Crippen molar-refractivity contribution in [1.29, 1.82) is 0 Å². The van der Waals surface area contributed by atoms with Crippen LogP contribution in [0.1, 0.15) is 28.9 Å². The largest absolute Gasteiger partial charge is 0.469 e. The number of benzene rings is 1. The van der Waals surface area contributed by atoms with Crippen molar-refractivity contribution in [2.45, 2.75) is 25.3 Å². The van der Waals surface area contributed by atoms with Crippen molar-refractivity contribution in [3.05, 3.63) is 86.8 Å². The molecule has 0 amide bonds. The van der Waals surface area contributed by atoms with Crippen molar-refractivity contribution >= 4 is 28.9 Å². The number of aromatic amines is 2. The number of halogens is 1. The number of nitrogens with one attached hydrogen (secondary N) is 2. The van der Waals surface area contributed by atoms with Gasteiger partial charge >= 0.3 is 5.97 Å². The number of ether oxygens (including phenoxy) is 1. The summed E-state index contributed by atoms with van der Waals surface area (Å²) < 4.78 is 8.35. The van der Waals surface area contributed by atoms with Gasteiger partial charge in [0.25, 0.3) is 5.56 Å². The number of H-pyrrole nitrogens is 2. The summed E-state index contributed by atoms with van der Waals surface area (Å²) in [7, 11) is 1.38. The van der Waals surface area contributed by atoms with E-state index in [2.05, 4.69) is 26.3 Å². The molecule has 0 unspecified atom stereocenters. The number of methoxy groups -OCH3 is 1. The Bertz CT molecular complexity index is 1630. The molecule has 11 heteroatoms. The molecule has 1 atom stereocenters. The molecule has 0 radical (unpaired) electrons. The van der Waals surface area contributed by atoms with E-state index in [0.29, 0.717) is 5.02 Å². The highest BCUT2D eigenvalue weighted by Gasteiger charge is 2.28. The van der Waals surface area contributed by atoms with Crippen molar-refractivity contribution < 1.29 is 9.53 Å².